The van der Waals surface area contributed by atoms with Crippen LogP contribution in [0.5, 0.6) is 0 Å². The van der Waals surface area contributed by atoms with Gasteiger partial charge in [0.05, 0.1) is 0 Å². The van der Waals surface area contributed by atoms with E-state index in [1.54, 1.807) is 0 Å². The van der Waals surface area contributed by atoms with E-state index in [9.17, 15) is 0 Å². The van der Waals surface area contributed by atoms with Crippen LogP contribution in [0.3, 0.4) is 0 Å². The molecule has 1 N–H and O–H groups in total. The molecular weight excluding hydrogens is 264 g/mol. The number of rotatable bonds is 7. The van der Waals surface area contributed by atoms with Crippen LogP contribution in [0, 0.1) is 5.92 Å². The molecule has 0 atom stereocenters. The molecule has 1 aromatic rings. The second kappa shape index (κ2) is 6.45. The Morgan fingerprint density at radius 2 is 1.95 bits per heavy atom. The molecule has 1 aromatic heterocycles. The largest absolute Gasteiger partial charge is 0.357 e. The van der Waals surface area contributed by atoms with Crippen LogP contribution < -0.4 is 15.1 Å². The van der Waals surface area contributed by atoms with Crippen LogP contribution in [0.15, 0.2) is 0 Å². The fraction of sp³-hybridized carbons (Fsp3) is 0.800. The van der Waals surface area contributed by atoms with Crippen LogP contribution in [0.1, 0.15) is 39.0 Å². The number of hydrogen-bond acceptors (Lipinski definition) is 6. The smallest absolute Gasteiger partial charge is 0.231 e. The molecule has 0 amide bonds. The van der Waals surface area contributed by atoms with E-state index in [0.717, 1.165) is 50.4 Å². The third kappa shape index (κ3) is 3.54. The molecule has 116 valence electrons. The minimum Gasteiger partial charge on any atom is -0.357 e. The zero-order valence-electron chi connectivity index (χ0n) is 13.2. The molecule has 2 aliphatic rings. The molecule has 3 rings (SSSR count). The molecule has 2 fully saturated rings. The van der Waals surface area contributed by atoms with Gasteiger partial charge in [0.25, 0.3) is 0 Å². The Balaban J connectivity index is 1.85. The van der Waals surface area contributed by atoms with Crippen LogP contribution >= 0.6 is 0 Å². The third-order valence-electron chi connectivity index (χ3n) is 4.18. The van der Waals surface area contributed by atoms with Gasteiger partial charge in [0, 0.05) is 33.2 Å². The zero-order chi connectivity index (χ0) is 14.7. The van der Waals surface area contributed by atoms with Crippen LogP contribution in [0.2, 0.25) is 0 Å². The van der Waals surface area contributed by atoms with E-state index in [1.807, 2.05) is 7.05 Å². The summed E-state index contributed by atoms with van der Waals surface area (Å²) in [5.74, 6) is 3.18. The summed E-state index contributed by atoms with van der Waals surface area (Å²) >= 11 is 0. The van der Waals surface area contributed by atoms with E-state index in [0.29, 0.717) is 5.95 Å². The van der Waals surface area contributed by atoms with Gasteiger partial charge in [-0.1, -0.05) is 6.92 Å². The first-order valence-electron chi connectivity index (χ1n) is 8.24. The Labute approximate surface area is 127 Å². The Morgan fingerprint density at radius 3 is 2.57 bits per heavy atom. The lowest BCUT2D eigenvalue weighted by atomic mass is 10.3. The number of nitrogens with one attached hydrogen (secondary N) is 1. The minimum absolute atomic E-state index is 0.679. The Bertz CT molecular complexity index is 467. The molecule has 1 aliphatic carbocycles. The summed E-state index contributed by atoms with van der Waals surface area (Å²) in [6.45, 7) is 6.43. The number of hydrogen-bond donors (Lipinski definition) is 1. The molecule has 21 heavy (non-hydrogen) atoms. The summed E-state index contributed by atoms with van der Waals surface area (Å²) in [6.07, 6.45) is 6.28. The van der Waals surface area contributed by atoms with Crippen molar-refractivity contribution in [3.63, 3.8) is 0 Å². The maximum atomic E-state index is 4.75. The molecule has 0 spiro atoms. The average molecular weight is 290 g/mol. The number of aromatic nitrogens is 3. The van der Waals surface area contributed by atoms with Gasteiger partial charge >= 0.3 is 0 Å². The van der Waals surface area contributed by atoms with Crippen molar-refractivity contribution in [1.82, 2.24) is 15.0 Å². The first-order chi connectivity index (χ1) is 10.3. The molecule has 1 saturated heterocycles. The van der Waals surface area contributed by atoms with Crippen molar-refractivity contribution in [2.45, 2.75) is 39.0 Å². The number of nitrogens with zero attached hydrogens (tertiary/aromatic N) is 5. The third-order valence-corrected chi connectivity index (χ3v) is 4.18. The lowest BCUT2D eigenvalue weighted by Gasteiger charge is -2.24. The van der Waals surface area contributed by atoms with Crippen molar-refractivity contribution in [2.24, 2.45) is 5.92 Å². The van der Waals surface area contributed by atoms with Gasteiger partial charge in [-0.05, 0) is 38.0 Å². The fourth-order valence-corrected chi connectivity index (χ4v) is 2.82. The topological polar surface area (TPSA) is 57.2 Å². The van der Waals surface area contributed by atoms with Crippen molar-refractivity contribution in [3.05, 3.63) is 0 Å². The quantitative estimate of drug-likeness (QED) is 0.830. The minimum atomic E-state index is 0.679. The van der Waals surface area contributed by atoms with E-state index < -0.39 is 0 Å². The van der Waals surface area contributed by atoms with Crippen LogP contribution in [-0.4, -0.2) is 48.2 Å². The van der Waals surface area contributed by atoms with Gasteiger partial charge in [-0.3, -0.25) is 0 Å². The van der Waals surface area contributed by atoms with E-state index in [4.69, 9.17) is 4.98 Å². The predicted octanol–water partition coefficient (Wildman–Crippen LogP) is 2.14. The molecule has 0 unspecified atom stereocenters. The van der Waals surface area contributed by atoms with Gasteiger partial charge in [-0.25, -0.2) is 0 Å². The summed E-state index contributed by atoms with van der Waals surface area (Å²) in [4.78, 5) is 18.5. The summed E-state index contributed by atoms with van der Waals surface area (Å²) in [5, 5.41) is 3.08. The van der Waals surface area contributed by atoms with E-state index >= 15 is 0 Å². The highest BCUT2D eigenvalue weighted by Crippen LogP contribution is 2.31. The molecule has 0 radical (unpaired) electrons. The SMILES string of the molecule is CCCN(CC1CC1)c1nc(NC)nc(N2CCCC2)n1. The summed E-state index contributed by atoms with van der Waals surface area (Å²) in [6, 6.07) is 0. The van der Waals surface area contributed by atoms with Crippen LogP contribution in [0.25, 0.3) is 0 Å². The van der Waals surface area contributed by atoms with E-state index in [-0.39, 0.29) is 0 Å². The highest BCUT2D eigenvalue weighted by Gasteiger charge is 2.26. The van der Waals surface area contributed by atoms with Crippen molar-refractivity contribution >= 4 is 17.8 Å². The van der Waals surface area contributed by atoms with Crippen molar-refractivity contribution in [2.75, 3.05) is 48.3 Å². The van der Waals surface area contributed by atoms with Gasteiger partial charge in [-0.2, -0.15) is 15.0 Å². The van der Waals surface area contributed by atoms with E-state index in [1.165, 1.54) is 25.7 Å². The predicted molar refractivity (Wildman–Crippen MR) is 86.0 cm³/mol. The highest BCUT2D eigenvalue weighted by atomic mass is 15.4. The highest BCUT2D eigenvalue weighted by molar-refractivity contribution is 5.45. The molecule has 6 nitrogen and oxygen atoms in total. The van der Waals surface area contributed by atoms with Crippen molar-refractivity contribution in [1.29, 1.82) is 0 Å². The van der Waals surface area contributed by atoms with Crippen LogP contribution in [0.4, 0.5) is 17.8 Å². The molecule has 1 aliphatic heterocycles. The van der Waals surface area contributed by atoms with Gasteiger partial charge in [0.15, 0.2) is 0 Å². The Kier molecular flexibility index (Phi) is 4.41. The Hall–Kier alpha value is -1.59. The lowest BCUT2D eigenvalue weighted by Crippen LogP contribution is -2.30. The normalized spacial score (nSPS) is 18.1. The molecule has 0 aromatic carbocycles. The van der Waals surface area contributed by atoms with Crippen molar-refractivity contribution < 1.29 is 0 Å². The fourth-order valence-electron chi connectivity index (χ4n) is 2.82. The molecule has 2 heterocycles. The first kappa shape index (κ1) is 14.4. The van der Waals surface area contributed by atoms with E-state index in [2.05, 4.69) is 32.0 Å². The molecule has 1 saturated carbocycles. The lowest BCUT2D eigenvalue weighted by molar-refractivity contribution is 0.684. The summed E-state index contributed by atoms with van der Waals surface area (Å²) in [5.41, 5.74) is 0. The second-order valence-corrected chi connectivity index (χ2v) is 6.09. The summed E-state index contributed by atoms with van der Waals surface area (Å²) < 4.78 is 0. The molecular formula is C15H26N6. The number of anilines is 3. The maximum absolute atomic E-state index is 4.75. The van der Waals surface area contributed by atoms with Gasteiger partial charge < -0.3 is 15.1 Å². The van der Waals surface area contributed by atoms with Crippen LogP contribution in [-0.2, 0) is 0 Å². The van der Waals surface area contributed by atoms with Gasteiger partial charge in [-0.15, -0.1) is 0 Å². The standard InChI is InChI=1S/C15H26N6/c1-3-8-21(11-12-6-7-12)15-18-13(16-2)17-14(19-15)20-9-4-5-10-20/h12H,3-11H2,1-2H3,(H,16,17,18,19). The Morgan fingerprint density at radius 1 is 1.19 bits per heavy atom. The first-order valence-corrected chi connectivity index (χ1v) is 8.24. The summed E-state index contributed by atoms with van der Waals surface area (Å²) in [7, 11) is 1.87. The molecule has 0 bridgehead atoms. The maximum Gasteiger partial charge on any atom is 0.231 e. The average Bonchev–Trinajstić information content (AvgIpc) is 3.16. The van der Waals surface area contributed by atoms with Gasteiger partial charge in [0.2, 0.25) is 17.8 Å². The van der Waals surface area contributed by atoms with Crippen molar-refractivity contribution in [3.8, 4) is 0 Å². The second-order valence-electron chi connectivity index (χ2n) is 6.09. The molecule has 6 heteroatoms. The zero-order valence-corrected chi connectivity index (χ0v) is 13.2. The van der Waals surface area contributed by atoms with Gasteiger partial charge in [0.1, 0.15) is 0 Å². The monoisotopic (exact) mass is 290 g/mol.